The molecule has 0 aliphatic heterocycles. The first-order valence-corrected chi connectivity index (χ1v) is 4.32. The minimum Gasteiger partial charge on any atom is -0.285 e. The zero-order valence-electron chi connectivity index (χ0n) is 7.03. The molecule has 0 unspecified atom stereocenters. The molecule has 0 bridgehead atoms. The third-order valence-corrected chi connectivity index (χ3v) is 1.64. The van der Waals surface area contributed by atoms with E-state index in [-0.39, 0.29) is 0 Å². The summed E-state index contributed by atoms with van der Waals surface area (Å²) in [5.41, 5.74) is 0.845. The van der Waals surface area contributed by atoms with Crippen molar-refractivity contribution in [1.82, 2.24) is 5.01 Å². The summed E-state index contributed by atoms with van der Waals surface area (Å²) >= 11 is 3.35. The van der Waals surface area contributed by atoms with Gasteiger partial charge in [0, 0.05) is 18.6 Å². The van der Waals surface area contributed by atoms with Crippen molar-refractivity contribution in [1.29, 1.82) is 0 Å². The Kier molecular flexibility index (Phi) is 3.22. The monoisotopic (exact) mass is 227 g/mol. The maximum absolute atomic E-state index is 3.99. The van der Waals surface area contributed by atoms with Gasteiger partial charge < -0.3 is 0 Å². The van der Waals surface area contributed by atoms with Crippen molar-refractivity contribution < 1.29 is 0 Å². The fraction of sp³-hybridized carbons (Fsp3) is 0.250. The molecule has 1 aromatic carbocycles. The molecular weight excluding hydrogens is 218 g/mol. The molecule has 3 nitrogen and oxygen atoms in total. The number of halogens is 1. The maximum atomic E-state index is 3.99. The Bertz CT molecular complexity index is 283. The highest BCUT2D eigenvalue weighted by atomic mass is 79.9. The van der Waals surface area contributed by atoms with Crippen LogP contribution in [0.4, 0.5) is 5.69 Å². The van der Waals surface area contributed by atoms with Crippen LogP contribution in [0.2, 0.25) is 0 Å². The minimum atomic E-state index is 0.845. The van der Waals surface area contributed by atoms with E-state index in [1.807, 2.05) is 38.4 Å². The number of hydrogen-bond acceptors (Lipinski definition) is 2. The quantitative estimate of drug-likeness (QED) is 0.564. The molecule has 1 rings (SSSR count). The van der Waals surface area contributed by atoms with Crippen LogP contribution >= 0.6 is 15.9 Å². The molecule has 0 aromatic heterocycles. The van der Waals surface area contributed by atoms with Crippen molar-refractivity contribution in [3.05, 3.63) is 28.7 Å². The Morgan fingerprint density at radius 3 is 2.67 bits per heavy atom. The molecule has 0 spiro atoms. The van der Waals surface area contributed by atoms with Gasteiger partial charge in [-0.1, -0.05) is 27.2 Å². The van der Waals surface area contributed by atoms with Crippen LogP contribution < -0.4 is 0 Å². The van der Waals surface area contributed by atoms with Gasteiger partial charge in [-0.2, -0.15) is 0 Å². The Labute approximate surface area is 80.2 Å². The molecule has 0 radical (unpaired) electrons. The lowest BCUT2D eigenvalue weighted by atomic mass is 10.3. The maximum Gasteiger partial charge on any atom is 0.0885 e. The van der Waals surface area contributed by atoms with Crippen LogP contribution in [0, 0.1) is 0 Å². The van der Waals surface area contributed by atoms with Crippen LogP contribution in [-0.4, -0.2) is 19.1 Å². The van der Waals surface area contributed by atoms with Gasteiger partial charge in [0.15, 0.2) is 0 Å². The molecule has 0 heterocycles. The van der Waals surface area contributed by atoms with E-state index in [9.17, 15) is 0 Å². The molecule has 0 saturated heterocycles. The molecule has 1 aromatic rings. The summed E-state index contributed by atoms with van der Waals surface area (Å²) in [6.45, 7) is 0. The second kappa shape index (κ2) is 4.21. The van der Waals surface area contributed by atoms with E-state index in [1.54, 1.807) is 5.01 Å². The lowest BCUT2D eigenvalue weighted by Crippen LogP contribution is -1.98. The van der Waals surface area contributed by atoms with Crippen LogP contribution in [0.1, 0.15) is 0 Å². The fourth-order valence-corrected chi connectivity index (χ4v) is 1.07. The van der Waals surface area contributed by atoms with Gasteiger partial charge in [-0.05, 0) is 18.2 Å². The fourth-order valence-electron chi connectivity index (χ4n) is 0.679. The van der Waals surface area contributed by atoms with Crippen LogP contribution in [0.15, 0.2) is 39.1 Å². The van der Waals surface area contributed by atoms with Gasteiger partial charge >= 0.3 is 0 Å². The standard InChI is InChI=1S/C8H10BrN3/c1-12(2)11-10-8-5-3-4-7(9)6-8/h3-6H,1-2H3. The van der Waals surface area contributed by atoms with Crippen molar-refractivity contribution in [2.45, 2.75) is 0 Å². The van der Waals surface area contributed by atoms with Gasteiger partial charge in [-0.3, -0.25) is 5.01 Å². The zero-order chi connectivity index (χ0) is 8.97. The summed E-state index contributed by atoms with van der Waals surface area (Å²) in [4.78, 5) is 0. The Balaban J connectivity index is 2.76. The Hall–Kier alpha value is -0.900. The van der Waals surface area contributed by atoms with Gasteiger partial charge in [0.25, 0.3) is 0 Å². The summed E-state index contributed by atoms with van der Waals surface area (Å²) in [6.07, 6.45) is 0. The highest BCUT2D eigenvalue weighted by Gasteiger charge is 1.89. The number of benzene rings is 1. The first-order valence-electron chi connectivity index (χ1n) is 3.53. The molecule has 0 aliphatic carbocycles. The second-order valence-corrected chi connectivity index (χ2v) is 3.43. The number of rotatable bonds is 2. The Morgan fingerprint density at radius 2 is 2.08 bits per heavy atom. The van der Waals surface area contributed by atoms with E-state index in [0.717, 1.165) is 10.2 Å². The molecule has 0 N–H and O–H groups in total. The number of nitrogens with zero attached hydrogens (tertiary/aromatic N) is 3. The molecule has 64 valence electrons. The lowest BCUT2D eigenvalue weighted by molar-refractivity contribution is 0.408. The summed E-state index contributed by atoms with van der Waals surface area (Å²) < 4.78 is 1.01. The molecule has 0 aliphatic rings. The van der Waals surface area contributed by atoms with Gasteiger partial charge in [0.05, 0.1) is 5.69 Å². The summed E-state index contributed by atoms with van der Waals surface area (Å²) in [5, 5.41) is 9.51. The predicted octanol–water partition coefficient (Wildman–Crippen LogP) is 3.01. The van der Waals surface area contributed by atoms with E-state index < -0.39 is 0 Å². The van der Waals surface area contributed by atoms with Crippen LogP contribution in [0.3, 0.4) is 0 Å². The molecular formula is C8H10BrN3. The van der Waals surface area contributed by atoms with E-state index >= 15 is 0 Å². The topological polar surface area (TPSA) is 28.0 Å². The SMILES string of the molecule is CN(C)N=Nc1cccc(Br)c1. The van der Waals surface area contributed by atoms with Gasteiger partial charge in [-0.15, -0.1) is 5.11 Å². The highest BCUT2D eigenvalue weighted by Crippen LogP contribution is 2.18. The summed E-state index contributed by atoms with van der Waals surface area (Å²) in [7, 11) is 3.67. The van der Waals surface area contributed by atoms with Gasteiger partial charge in [-0.25, -0.2) is 0 Å². The zero-order valence-corrected chi connectivity index (χ0v) is 8.62. The first kappa shape index (κ1) is 9.19. The number of hydrogen-bond donors (Lipinski definition) is 0. The first-order chi connectivity index (χ1) is 5.68. The Morgan fingerprint density at radius 1 is 1.33 bits per heavy atom. The van der Waals surface area contributed by atoms with Gasteiger partial charge in [0.2, 0.25) is 0 Å². The lowest BCUT2D eigenvalue weighted by Gasteiger charge is -2.00. The average molecular weight is 228 g/mol. The van der Waals surface area contributed by atoms with Crippen molar-refractivity contribution in [3.63, 3.8) is 0 Å². The predicted molar refractivity (Wildman–Crippen MR) is 52.3 cm³/mol. The van der Waals surface area contributed by atoms with Crippen LogP contribution in [0.5, 0.6) is 0 Å². The van der Waals surface area contributed by atoms with E-state index in [0.29, 0.717) is 0 Å². The molecule has 0 saturated carbocycles. The molecule has 4 heteroatoms. The van der Waals surface area contributed by atoms with Crippen molar-refractivity contribution >= 4 is 21.6 Å². The van der Waals surface area contributed by atoms with Crippen molar-refractivity contribution in [3.8, 4) is 0 Å². The minimum absolute atomic E-state index is 0.845. The second-order valence-electron chi connectivity index (χ2n) is 2.52. The van der Waals surface area contributed by atoms with Crippen LogP contribution in [0.25, 0.3) is 0 Å². The van der Waals surface area contributed by atoms with Crippen molar-refractivity contribution in [2.75, 3.05) is 14.1 Å². The largest absolute Gasteiger partial charge is 0.285 e. The van der Waals surface area contributed by atoms with Crippen LogP contribution in [-0.2, 0) is 0 Å². The van der Waals surface area contributed by atoms with E-state index in [1.165, 1.54) is 0 Å². The smallest absolute Gasteiger partial charge is 0.0885 e. The van der Waals surface area contributed by atoms with Gasteiger partial charge in [0.1, 0.15) is 0 Å². The summed E-state index contributed by atoms with van der Waals surface area (Å²) in [5.74, 6) is 0. The van der Waals surface area contributed by atoms with E-state index in [4.69, 9.17) is 0 Å². The normalized spacial score (nSPS) is 10.6. The molecule has 0 fully saturated rings. The third-order valence-electron chi connectivity index (χ3n) is 1.15. The highest BCUT2D eigenvalue weighted by molar-refractivity contribution is 9.10. The van der Waals surface area contributed by atoms with E-state index in [2.05, 4.69) is 26.3 Å². The third kappa shape index (κ3) is 3.00. The summed E-state index contributed by atoms with van der Waals surface area (Å²) in [6, 6.07) is 7.69. The average Bonchev–Trinajstić information content (AvgIpc) is 2.01. The molecule has 0 atom stereocenters. The van der Waals surface area contributed by atoms with Crippen molar-refractivity contribution in [2.24, 2.45) is 10.3 Å². The molecule has 12 heavy (non-hydrogen) atoms. The molecule has 0 amide bonds.